The molecular formula is C16H21NO3S. The van der Waals surface area contributed by atoms with E-state index in [0.717, 1.165) is 28.4 Å². The highest BCUT2D eigenvalue weighted by Crippen LogP contribution is 2.27. The molecule has 0 amide bonds. The van der Waals surface area contributed by atoms with E-state index in [1.165, 1.54) is 4.88 Å². The molecule has 0 aliphatic carbocycles. The summed E-state index contributed by atoms with van der Waals surface area (Å²) in [5.74, 6) is 1.41. The number of nitrogens with zero attached hydrogens (tertiary/aromatic N) is 1. The summed E-state index contributed by atoms with van der Waals surface area (Å²) >= 11 is 1.64. The zero-order chi connectivity index (χ0) is 15.2. The molecule has 114 valence electrons. The highest BCUT2D eigenvalue weighted by Gasteiger charge is 2.08. The van der Waals surface area contributed by atoms with Crippen molar-refractivity contribution < 1.29 is 14.6 Å². The van der Waals surface area contributed by atoms with Crippen LogP contribution in [0.25, 0.3) is 0 Å². The molecule has 5 heteroatoms. The lowest BCUT2D eigenvalue weighted by Gasteiger charge is -2.11. The minimum atomic E-state index is -0.0562. The van der Waals surface area contributed by atoms with Gasteiger partial charge in [0.05, 0.1) is 18.9 Å². The summed E-state index contributed by atoms with van der Waals surface area (Å²) in [6.07, 6.45) is 0.954. The van der Waals surface area contributed by atoms with Crippen molar-refractivity contribution in [3.05, 3.63) is 39.3 Å². The number of benzene rings is 1. The first-order chi connectivity index (χ1) is 10.1. The molecule has 1 aromatic heterocycles. The lowest BCUT2D eigenvalue weighted by Crippen LogP contribution is -2.01. The minimum absolute atomic E-state index is 0.0562. The Morgan fingerprint density at radius 2 is 2.05 bits per heavy atom. The van der Waals surface area contributed by atoms with Crippen LogP contribution in [0.15, 0.2) is 18.2 Å². The van der Waals surface area contributed by atoms with Crippen LogP contribution in [0.5, 0.6) is 11.5 Å². The van der Waals surface area contributed by atoms with Gasteiger partial charge in [-0.05, 0) is 32.4 Å². The average molecular weight is 307 g/mol. The van der Waals surface area contributed by atoms with Crippen molar-refractivity contribution in [3.63, 3.8) is 0 Å². The van der Waals surface area contributed by atoms with Crippen LogP contribution in [0.1, 0.15) is 34.5 Å². The van der Waals surface area contributed by atoms with E-state index in [9.17, 15) is 5.11 Å². The Balaban J connectivity index is 2.09. The van der Waals surface area contributed by atoms with Gasteiger partial charge in [0.1, 0.15) is 23.1 Å². The molecule has 0 spiro atoms. The predicted octanol–water partition coefficient (Wildman–Crippen LogP) is 3.62. The fraction of sp³-hybridized carbons (Fsp3) is 0.438. The summed E-state index contributed by atoms with van der Waals surface area (Å²) < 4.78 is 11.4. The third-order valence-electron chi connectivity index (χ3n) is 3.11. The molecule has 0 fully saturated rings. The SMILES string of the molecule is CCCOc1ccc(CO)c(OCc2nc(C)c(C)s2)c1. The van der Waals surface area contributed by atoms with Crippen LogP contribution < -0.4 is 9.47 Å². The van der Waals surface area contributed by atoms with Gasteiger partial charge in [-0.25, -0.2) is 4.98 Å². The second kappa shape index (κ2) is 7.43. The Hall–Kier alpha value is -1.59. The van der Waals surface area contributed by atoms with Gasteiger partial charge in [-0.2, -0.15) is 0 Å². The lowest BCUT2D eigenvalue weighted by molar-refractivity contribution is 0.256. The Kier molecular flexibility index (Phi) is 5.59. The summed E-state index contributed by atoms with van der Waals surface area (Å²) in [5.41, 5.74) is 1.80. The normalized spacial score (nSPS) is 10.7. The van der Waals surface area contributed by atoms with Gasteiger partial charge >= 0.3 is 0 Å². The molecule has 2 rings (SSSR count). The molecule has 2 aromatic rings. The molecule has 0 radical (unpaired) electrons. The van der Waals surface area contributed by atoms with Crippen molar-refractivity contribution in [2.45, 2.75) is 40.4 Å². The number of aliphatic hydroxyl groups excluding tert-OH is 1. The number of hydrogen-bond donors (Lipinski definition) is 1. The summed E-state index contributed by atoms with van der Waals surface area (Å²) in [6.45, 7) is 7.13. The quantitative estimate of drug-likeness (QED) is 0.849. The molecule has 1 N–H and O–H groups in total. The molecule has 0 aliphatic rings. The number of rotatable bonds is 7. The first kappa shape index (κ1) is 15.8. The molecule has 1 heterocycles. The van der Waals surface area contributed by atoms with Gasteiger partial charge in [-0.3, -0.25) is 0 Å². The molecular weight excluding hydrogens is 286 g/mol. The van der Waals surface area contributed by atoms with Crippen molar-refractivity contribution in [1.82, 2.24) is 4.98 Å². The summed E-state index contributed by atoms with van der Waals surface area (Å²) in [6, 6.07) is 5.51. The van der Waals surface area contributed by atoms with E-state index in [2.05, 4.69) is 18.8 Å². The highest BCUT2D eigenvalue weighted by molar-refractivity contribution is 7.11. The fourth-order valence-electron chi connectivity index (χ4n) is 1.85. The van der Waals surface area contributed by atoms with E-state index in [0.29, 0.717) is 19.0 Å². The maximum Gasteiger partial charge on any atom is 0.140 e. The van der Waals surface area contributed by atoms with E-state index in [1.54, 1.807) is 11.3 Å². The van der Waals surface area contributed by atoms with Crippen LogP contribution in [-0.2, 0) is 13.2 Å². The lowest BCUT2D eigenvalue weighted by atomic mass is 10.2. The van der Waals surface area contributed by atoms with Gasteiger partial charge in [-0.1, -0.05) is 6.92 Å². The Labute approximate surface area is 129 Å². The van der Waals surface area contributed by atoms with Crippen LogP contribution in [0.2, 0.25) is 0 Å². The van der Waals surface area contributed by atoms with E-state index in [1.807, 2.05) is 25.1 Å². The van der Waals surface area contributed by atoms with Gasteiger partial charge < -0.3 is 14.6 Å². The smallest absolute Gasteiger partial charge is 0.140 e. The topological polar surface area (TPSA) is 51.6 Å². The molecule has 21 heavy (non-hydrogen) atoms. The van der Waals surface area contributed by atoms with Crippen LogP contribution in [0.4, 0.5) is 0 Å². The molecule has 4 nitrogen and oxygen atoms in total. The molecule has 0 saturated heterocycles. The molecule has 1 aromatic carbocycles. The van der Waals surface area contributed by atoms with Crippen LogP contribution in [0.3, 0.4) is 0 Å². The highest BCUT2D eigenvalue weighted by atomic mass is 32.1. The summed E-state index contributed by atoms with van der Waals surface area (Å²) in [7, 11) is 0. The second-order valence-electron chi connectivity index (χ2n) is 4.81. The number of aromatic nitrogens is 1. The van der Waals surface area contributed by atoms with Gasteiger partial charge in [0, 0.05) is 16.5 Å². The average Bonchev–Trinajstić information content (AvgIpc) is 2.81. The minimum Gasteiger partial charge on any atom is -0.493 e. The molecule has 0 aliphatic heterocycles. The summed E-state index contributed by atoms with van der Waals surface area (Å²) in [5, 5.41) is 10.3. The van der Waals surface area contributed by atoms with Gasteiger partial charge in [0.25, 0.3) is 0 Å². The zero-order valence-corrected chi connectivity index (χ0v) is 13.5. The number of thiazole rings is 1. The molecule has 0 atom stereocenters. The molecule has 0 unspecified atom stereocenters. The Morgan fingerprint density at radius 1 is 1.24 bits per heavy atom. The van der Waals surface area contributed by atoms with E-state index >= 15 is 0 Å². The maximum atomic E-state index is 9.40. The van der Waals surface area contributed by atoms with Crippen molar-refractivity contribution in [2.75, 3.05) is 6.61 Å². The number of ether oxygens (including phenoxy) is 2. The van der Waals surface area contributed by atoms with Crippen molar-refractivity contribution in [1.29, 1.82) is 0 Å². The Bertz CT molecular complexity index is 576. The van der Waals surface area contributed by atoms with E-state index < -0.39 is 0 Å². The first-order valence-electron chi connectivity index (χ1n) is 7.06. The zero-order valence-electron chi connectivity index (χ0n) is 12.7. The number of aliphatic hydroxyl groups is 1. The fourth-order valence-corrected chi connectivity index (χ4v) is 2.70. The van der Waals surface area contributed by atoms with Gasteiger partial charge in [-0.15, -0.1) is 11.3 Å². The van der Waals surface area contributed by atoms with E-state index in [4.69, 9.17) is 9.47 Å². The third-order valence-corrected chi connectivity index (χ3v) is 4.15. The van der Waals surface area contributed by atoms with Crippen LogP contribution in [0, 0.1) is 13.8 Å². The van der Waals surface area contributed by atoms with Crippen LogP contribution >= 0.6 is 11.3 Å². The monoisotopic (exact) mass is 307 g/mol. The first-order valence-corrected chi connectivity index (χ1v) is 7.88. The number of aryl methyl sites for hydroxylation is 2. The van der Waals surface area contributed by atoms with Crippen molar-refractivity contribution in [2.24, 2.45) is 0 Å². The predicted molar refractivity (Wildman–Crippen MR) is 84.1 cm³/mol. The Morgan fingerprint density at radius 3 is 2.67 bits per heavy atom. The second-order valence-corrected chi connectivity index (χ2v) is 6.10. The number of hydrogen-bond acceptors (Lipinski definition) is 5. The van der Waals surface area contributed by atoms with Gasteiger partial charge in [0.15, 0.2) is 0 Å². The molecule has 0 saturated carbocycles. The molecule has 0 bridgehead atoms. The third kappa shape index (κ3) is 4.19. The van der Waals surface area contributed by atoms with Crippen molar-refractivity contribution in [3.8, 4) is 11.5 Å². The van der Waals surface area contributed by atoms with E-state index in [-0.39, 0.29) is 6.61 Å². The standard InChI is InChI=1S/C16H21NO3S/c1-4-7-19-14-6-5-13(9-18)15(8-14)20-10-16-17-11(2)12(3)21-16/h5-6,8,18H,4,7,9-10H2,1-3H3. The maximum absolute atomic E-state index is 9.40. The largest absolute Gasteiger partial charge is 0.493 e. The van der Waals surface area contributed by atoms with Crippen LogP contribution in [-0.4, -0.2) is 16.7 Å². The summed E-state index contributed by atoms with van der Waals surface area (Å²) in [4.78, 5) is 5.66. The van der Waals surface area contributed by atoms with Gasteiger partial charge in [0.2, 0.25) is 0 Å². The van der Waals surface area contributed by atoms with Crippen molar-refractivity contribution >= 4 is 11.3 Å².